The molecule has 0 aromatic carbocycles. The summed E-state index contributed by atoms with van der Waals surface area (Å²) in [5.74, 6) is 0.148. The van der Waals surface area contributed by atoms with Crippen LogP contribution in [0.25, 0.3) is 0 Å². The highest BCUT2D eigenvalue weighted by molar-refractivity contribution is 5.94. The van der Waals surface area contributed by atoms with E-state index in [2.05, 4.69) is 15.6 Å². The molecule has 27 heavy (non-hydrogen) atoms. The van der Waals surface area contributed by atoms with Gasteiger partial charge in [-0.15, -0.1) is 0 Å². The highest BCUT2D eigenvalue weighted by Gasteiger charge is 2.37. The van der Waals surface area contributed by atoms with Gasteiger partial charge in [0, 0.05) is 37.5 Å². The molecule has 1 N–H and O–H groups in total. The van der Waals surface area contributed by atoms with Gasteiger partial charge in [-0.2, -0.15) is 5.10 Å². The van der Waals surface area contributed by atoms with E-state index in [0.29, 0.717) is 24.6 Å². The molecule has 3 heterocycles. The van der Waals surface area contributed by atoms with Crippen LogP contribution in [0.3, 0.4) is 0 Å². The molecule has 9 heteroatoms. The molecular formula is C18H25N5O4. The van der Waals surface area contributed by atoms with Gasteiger partial charge in [0.05, 0.1) is 24.8 Å². The number of nitrogens with zero attached hydrogens (tertiary/aromatic N) is 4. The lowest BCUT2D eigenvalue weighted by Gasteiger charge is -2.23. The fourth-order valence-electron chi connectivity index (χ4n) is 3.14. The number of rotatable bonds is 6. The monoisotopic (exact) mass is 375 g/mol. The van der Waals surface area contributed by atoms with Crippen LogP contribution in [-0.4, -0.2) is 51.9 Å². The zero-order chi connectivity index (χ0) is 19.6. The van der Waals surface area contributed by atoms with Gasteiger partial charge in [-0.1, -0.05) is 5.16 Å². The lowest BCUT2D eigenvalue weighted by atomic mass is 9.96. The van der Waals surface area contributed by atoms with Crippen LogP contribution in [0.5, 0.6) is 0 Å². The van der Waals surface area contributed by atoms with Gasteiger partial charge in [0.15, 0.2) is 5.82 Å². The topological polar surface area (TPSA) is 102 Å². The average Bonchev–Trinajstić information content (AvgIpc) is 3.33. The molecule has 2 atom stereocenters. The van der Waals surface area contributed by atoms with Crippen LogP contribution >= 0.6 is 0 Å². The largest absolute Gasteiger partial charge is 0.373 e. The smallest absolute Gasteiger partial charge is 0.245 e. The number of likely N-dealkylation sites (N-methyl/N-ethyl adjacent to an activating group) is 1. The molecule has 0 bridgehead atoms. The van der Waals surface area contributed by atoms with Crippen LogP contribution < -0.4 is 5.32 Å². The number of anilines is 1. The minimum absolute atomic E-state index is 0.0702. The Balaban J connectivity index is 1.61. The molecule has 1 aliphatic heterocycles. The Bertz CT molecular complexity index is 812. The summed E-state index contributed by atoms with van der Waals surface area (Å²) in [5, 5.41) is 10.7. The molecule has 0 spiro atoms. The lowest BCUT2D eigenvalue weighted by molar-refractivity contribution is -0.138. The van der Waals surface area contributed by atoms with Crippen molar-refractivity contribution in [3.8, 4) is 0 Å². The molecule has 2 aromatic rings. The van der Waals surface area contributed by atoms with E-state index in [0.717, 1.165) is 5.56 Å². The third kappa shape index (κ3) is 4.36. The van der Waals surface area contributed by atoms with Crippen molar-refractivity contribution in [2.24, 2.45) is 5.92 Å². The van der Waals surface area contributed by atoms with Gasteiger partial charge >= 0.3 is 0 Å². The van der Waals surface area contributed by atoms with Crippen LogP contribution in [0, 0.1) is 12.8 Å². The minimum atomic E-state index is -0.339. The predicted octanol–water partition coefficient (Wildman–Crippen LogP) is 1.94. The SMILES string of the molecule is Cc1cc(NC(=O)CN(C)C(=O)[C@H]2CCO[C@@H]2c2cnn(C(C)C)c2)no1. The maximum absolute atomic E-state index is 12.9. The summed E-state index contributed by atoms with van der Waals surface area (Å²) in [6, 6.07) is 1.85. The second-order valence-corrected chi connectivity index (χ2v) is 7.10. The normalized spacial score (nSPS) is 19.4. The van der Waals surface area contributed by atoms with E-state index >= 15 is 0 Å². The predicted molar refractivity (Wildman–Crippen MR) is 96.9 cm³/mol. The first-order valence-corrected chi connectivity index (χ1v) is 8.99. The first-order chi connectivity index (χ1) is 12.8. The van der Waals surface area contributed by atoms with E-state index < -0.39 is 0 Å². The molecule has 146 valence electrons. The van der Waals surface area contributed by atoms with E-state index in [-0.39, 0.29) is 36.4 Å². The molecule has 9 nitrogen and oxygen atoms in total. The van der Waals surface area contributed by atoms with Crippen molar-refractivity contribution in [3.05, 3.63) is 29.8 Å². The zero-order valence-electron chi connectivity index (χ0n) is 16.0. The van der Waals surface area contributed by atoms with Crippen molar-refractivity contribution >= 4 is 17.6 Å². The van der Waals surface area contributed by atoms with Crippen LogP contribution in [0.15, 0.2) is 23.0 Å². The highest BCUT2D eigenvalue weighted by Crippen LogP contribution is 2.35. The molecule has 0 radical (unpaired) electrons. The first kappa shape index (κ1) is 19.1. The van der Waals surface area contributed by atoms with E-state index in [9.17, 15) is 9.59 Å². The summed E-state index contributed by atoms with van der Waals surface area (Å²) in [6.07, 6.45) is 3.94. The van der Waals surface area contributed by atoms with E-state index in [1.54, 1.807) is 26.2 Å². The summed E-state index contributed by atoms with van der Waals surface area (Å²) in [4.78, 5) is 26.4. The number of hydrogen-bond donors (Lipinski definition) is 1. The Kier molecular flexibility index (Phi) is 5.59. The number of hydrogen-bond acceptors (Lipinski definition) is 6. The molecule has 1 aliphatic rings. The molecule has 0 saturated carbocycles. The van der Waals surface area contributed by atoms with E-state index in [1.807, 2.05) is 24.7 Å². The van der Waals surface area contributed by atoms with Crippen LogP contribution in [0.1, 0.15) is 43.7 Å². The van der Waals surface area contributed by atoms with E-state index in [4.69, 9.17) is 9.26 Å². The molecule has 2 aromatic heterocycles. The molecule has 3 rings (SSSR count). The van der Waals surface area contributed by atoms with Crippen LogP contribution in [0.2, 0.25) is 0 Å². The maximum Gasteiger partial charge on any atom is 0.245 e. The molecule has 2 amide bonds. The van der Waals surface area contributed by atoms with Gasteiger partial charge in [-0.25, -0.2) is 0 Å². The number of aromatic nitrogens is 3. The van der Waals surface area contributed by atoms with Crippen LogP contribution in [-0.2, 0) is 14.3 Å². The van der Waals surface area contributed by atoms with Gasteiger partial charge in [0.1, 0.15) is 5.76 Å². The van der Waals surface area contributed by atoms with E-state index in [1.165, 1.54) is 4.90 Å². The van der Waals surface area contributed by atoms with Crippen molar-refractivity contribution in [2.75, 3.05) is 25.5 Å². The third-order valence-corrected chi connectivity index (χ3v) is 4.54. The maximum atomic E-state index is 12.9. The summed E-state index contributed by atoms with van der Waals surface area (Å²) in [5.41, 5.74) is 0.885. The second kappa shape index (κ2) is 7.91. The minimum Gasteiger partial charge on any atom is -0.373 e. The zero-order valence-corrected chi connectivity index (χ0v) is 16.0. The summed E-state index contributed by atoms with van der Waals surface area (Å²) in [7, 11) is 1.61. The molecule has 1 saturated heterocycles. The molecule has 0 unspecified atom stereocenters. The Hall–Kier alpha value is -2.68. The summed E-state index contributed by atoms with van der Waals surface area (Å²) >= 11 is 0. The second-order valence-electron chi connectivity index (χ2n) is 7.10. The number of carbonyl (C=O) groups is 2. The quantitative estimate of drug-likeness (QED) is 0.828. The van der Waals surface area contributed by atoms with Crippen molar-refractivity contribution < 1.29 is 18.8 Å². The van der Waals surface area contributed by atoms with Gasteiger partial charge in [-0.3, -0.25) is 14.3 Å². The lowest BCUT2D eigenvalue weighted by Crippen LogP contribution is -2.39. The Morgan fingerprint density at radius 1 is 1.44 bits per heavy atom. The fraction of sp³-hybridized carbons (Fsp3) is 0.556. The Morgan fingerprint density at radius 2 is 2.22 bits per heavy atom. The average molecular weight is 375 g/mol. The Morgan fingerprint density at radius 3 is 2.85 bits per heavy atom. The van der Waals surface area contributed by atoms with Gasteiger partial charge in [0.25, 0.3) is 0 Å². The number of carbonyl (C=O) groups excluding carboxylic acids is 2. The van der Waals surface area contributed by atoms with Gasteiger partial charge in [-0.05, 0) is 27.2 Å². The molecule has 1 fully saturated rings. The van der Waals surface area contributed by atoms with Crippen molar-refractivity contribution in [1.29, 1.82) is 0 Å². The van der Waals surface area contributed by atoms with Gasteiger partial charge < -0.3 is 19.5 Å². The molecular weight excluding hydrogens is 350 g/mol. The number of nitrogens with one attached hydrogen (secondary N) is 1. The van der Waals surface area contributed by atoms with Crippen LogP contribution in [0.4, 0.5) is 5.82 Å². The standard InChI is InChI=1S/C18H25N5O4/c1-11(2)23-9-13(8-19-23)17-14(5-6-26-17)18(25)22(4)10-16(24)20-15-7-12(3)27-21-15/h7-9,11,14,17H,5-6,10H2,1-4H3,(H,20,21,24)/t14-,17+/m0/s1. The first-order valence-electron chi connectivity index (χ1n) is 8.99. The van der Waals surface area contributed by atoms with Crippen molar-refractivity contribution in [1.82, 2.24) is 19.8 Å². The van der Waals surface area contributed by atoms with Crippen molar-refractivity contribution in [2.45, 2.75) is 39.3 Å². The van der Waals surface area contributed by atoms with Gasteiger partial charge in [0.2, 0.25) is 11.8 Å². The highest BCUT2D eigenvalue weighted by atomic mass is 16.5. The third-order valence-electron chi connectivity index (χ3n) is 4.54. The molecule has 0 aliphatic carbocycles. The van der Waals surface area contributed by atoms with Crippen molar-refractivity contribution in [3.63, 3.8) is 0 Å². The number of amides is 2. The summed E-state index contributed by atoms with van der Waals surface area (Å²) in [6.45, 7) is 6.25. The number of ether oxygens (including phenoxy) is 1. The number of aryl methyl sites for hydroxylation is 1. The fourth-order valence-corrected chi connectivity index (χ4v) is 3.14. The summed E-state index contributed by atoms with van der Waals surface area (Å²) < 4.78 is 12.5. The Labute approximate surface area is 157 Å².